The molecule has 0 saturated carbocycles. The summed E-state index contributed by atoms with van der Waals surface area (Å²) in [5.41, 5.74) is 0.332. The van der Waals surface area contributed by atoms with Gasteiger partial charge in [-0.2, -0.15) is 0 Å². The summed E-state index contributed by atoms with van der Waals surface area (Å²) < 4.78 is 5.51. The van der Waals surface area contributed by atoms with E-state index in [9.17, 15) is 4.79 Å². The molecule has 0 saturated heterocycles. The second-order valence-corrected chi connectivity index (χ2v) is 6.52. The molecule has 2 aromatic carbocycles. The molecule has 0 aliphatic carbocycles. The van der Waals surface area contributed by atoms with E-state index in [-0.39, 0.29) is 33.0 Å². The molecule has 2 rings (SSSR count). The van der Waals surface area contributed by atoms with Gasteiger partial charge in [-0.25, -0.2) is 0 Å². The third-order valence-electron chi connectivity index (χ3n) is 2.77. The molecule has 2 aromatic rings. The van der Waals surface area contributed by atoms with Gasteiger partial charge in [0.15, 0.2) is 5.52 Å². The molecule has 0 spiro atoms. The Morgan fingerprint density at radius 3 is 2.23 bits per heavy atom. The minimum absolute atomic E-state index is 0. The molecule has 0 radical (unpaired) electrons. The summed E-state index contributed by atoms with van der Waals surface area (Å²) >= 11 is 12.1. The van der Waals surface area contributed by atoms with E-state index in [1.165, 1.54) is 0 Å². The molecule has 22 heavy (non-hydrogen) atoms. The molecule has 0 heterocycles. The van der Waals surface area contributed by atoms with Gasteiger partial charge >= 0.3 is 18.9 Å². The molecule has 0 aromatic heterocycles. The van der Waals surface area contributed by atoms with Crippen molar-refractivity contribution < 1.29 is 9.53 Å². The van der Waals surface area contributed by atoms with Gasteiger partial charge in [0.1, 0.15) is 5.75 Å². The van der Waals surface area contributed by atoms with Crippen LogP contribution in [0.5, 0.6) is 5.75 Å². The van der Waals surface area contributed by atoms with Crippen LogP contribution in [0, 0.1) is 0 Å². The Morgan fingerprint density at radius 1 is 1.09 bits per heavy atom. The van der Waals surface area contributed by atoms with Crippen LogP contribution in [0.2, 0.25) is 10.0 Å². The summed E-state index contributed by atoms with van der Waals surface area (Å²) in [5, 5.41) is 1.71. The third-order valence-corrected chi connectivity index (χ3v) is 4.50. The molecule has 0 fully saturated rings. The van der Waals surface area contributed by atoms with Crippen molar-refractivity contribution in [3.63, 3.8) is 0 Å². The fourth-order valence-electron chi connectivity index (χ4n) is 1.76. The molecular weight excluding hydrogens is 333 g/mol. The SMILES string of the molecule is CCCOc1ccc(PC(=O)c2c(Cl)cccc2Cl)cc1.[LiH]. The molecule has 0 amide bonds. The maximum atomic E-state index is 12.3. The van der Waals surface area contributed by atoms with Crippen LogP contribution in [0.1, 0.15) is 23.7 Å². The summed E-state index contributed by atoms with van der Waals surface area (Å²) in [7, 11) is -0.0162. The molecule has 6 heteroatoms. The fraction of sp³-hybridized carbons (Fsp3) is 0.188. The van der Waals surface area contributed by atoms with Gasteiger partial charge in [0.2, 0.25) is 0 Å². The van der Waals surface area contributed by atoms with E-state index in [0.29, 0.717) is 22.2 Å². The first-order valence-electron chi connectivity index (χ1n) is 6.60. The van der Waals surface area contributed by atoms with Crippen molar-refractivity contribution in [1.82, 2.24) is 0 Å². The van der Waals surface area contributed by atoms with E-state index in [1.54, 1.807) is 18.2 Å². The zero-order chi connectivity index (χ0) is 15.2. The van der Waals surface area contributed by atoms with Gasteiger partial charge in [0.05, 0.1) is 22.2 Å². The molecule has 1 atom stereocenters. The number of carbonyl (C=O) groups excluding carboxylic acids is 1. The number of carbonyl (C=O) groups is 1. The van der Waals surface area contributed by atoms with Crippen LogP contribution in [0.15, 0.2) is 42.5 Å². The summed E-state index contributed by atoms with van der Waals surface area (Å²) in [6, 6.07) is 12.6. The Balaban J connectivity index is 0.00000242. The van der Waals surface area contributed by atoms with Crippen LogP contribution in [-0.2, 0) is 0 Å². The predicted octanol–water partition coefficient (Wildman–Crippen LogP) is 4.28. The maximum absolute atomic E-state index is 12.3. The third kappa shape index (κ3) is 5.31. The van der Waals surface area contributed by atoms with Gasteiger partial charge in [-0.1, -0.05) is 48.3 Å². The molecule has 1 unspecified atom stereocenters. The first-order valence-corrected chi connectivity index (χ1v) is 8.35. The molecule has 0 aliphatic rings. The number of hydrogen-bond acceptors (Lipinski definition) is 2. The van der Waals surface area contributed by atoms with Gasteiger partial charge in [-0.05, 0) is 44.6 Å². The van der Waals surface area contributed by atoms with Crippen molar-refractivity contribution in [3.8, 4) is 5.75 Å². The van der Waals surface area contributed by atoms with Crippen LogP contribution >= 0.6 is 31.8 Å². The van der Waals surface area contributed by atoms with Crippen LogP contribution in [0.4, 0.5) is 0 Å². The molecule has 112 valence electrons. The molecule has 0 bridgehead atoms. The Kier molecular flexibility index (Phi) is 8.55. The normalized spacial score (nSPS) is 10.5. The number of ether oxygens (including phenoxy) is 1. The van der Waals surface area contributed by atoms with Gasteiger partial charge in [0.25, 0.3) is 0 Å². The van der Waals surface area contributed by atoms with Crippen LogP contribution in [0.3, 0.4) is 0 Å². The first-order chi connectivity index (χ1) is 10.1. The van der Waals surface area contributed by atoms with Crippen LogP contribution in [0.25, 0.3) is 0 Å². The average Bonchev–Trinajstić information content (AvgIpc) is 2.46. The van der Waals surface area contributed by atoms with E-state index >= 15 is 0 Å². The van der Waals surface area contributed by atoms with Crippen molar-refractivity contribution in [3.05, 3.63) is 58.1 Å². The summed E-state index contributed by atoms with van der Waals surface area (Å²) in [5.74, 6) is 0.814. The van der Waals surface area contributed by atoms with E-state index in [1.807, 2.05) is 24.3 Å². The first kappa shape index (κ1) is 19.6. The van der Waals surface area contributed by atoms with Gasteiger partial charge in [0, 0.05) is 0 Å². The Labute approximate surface area is 154 Å². The predicted molar refractivity (Wildman–Crippen MR) is 98.1 cm³/mol. The molecular formula is C16H16Cl2LiO2P. The van der Waals surface area contributed by atoms with Crippen LogP contribution < -0.4 is 10.0 Å². The van der Waals surface area contributed by atoms with Crippen molar-refractivity contribution >= 4 is 61.5 Å². The van der Waals surface area contributed by atoms with E-state index in [2.05, 4.69) is 6.92 Å². The Hall–Kier alpha value is -0.483. The molecule has 2 nitrogen and oxygen atoms in total. The second-order valence-electron chi connectivity index (χ2n) is 4.42. The zero-order valence-corrected chi connectivity index (χ0v) is 14.0. The Bertz CT molecular complexity index is 612. The monoisotopic (exact) mass is 348 g/mol. The van der Waals surface area contributed by atoms with Crippen molar-refractivity contribution in [1.29, 1.82) is 0 Å². The van der Waals surface area contributed by atoms with Crippen molar-refractivity contribution in [2.45, 2.75) is 13.3 Å². The average molecular weight is 349 g/mol. The number of rotatable bonds is 6. The van der Waals surface area contributed by atoms with Gasteiger partial charge in [-0.15, -0.1) is 0 Å². The number of hydrogen-bond donors (Lipinski definition) is 0. The standard InChI is InChI=1S/C16H15Cl2O2P.Li.H/c1-2-10-20-11-6-8-12(9-7-11)21-16(19)15-13(17)4-3-5-14(15)18;;/h3-9,21H,2,10H2,1H3;;. The summed E-state index contributed by atoms with van der Waals surface area (Å²) in [4.78, 5) is 12.3. The molecule has 0 aliphatic heterocycles. The summed E-state index contributed by atoms with van der Waals surface area (Å²) in [6.45, 7) is 2.75. The minimum atomic E-state index is -0.0622. The Morgan fingerprint density at radius 2 is 1.68 bits per heavy atom. The number of benzene rings is 2. The van der Waals surface area contributed by atoms with Gasteiger partial charge < -0.3 is 4.74 Å². The quantitative estimate of drug-likeness (QED) is 0.575. The molecule has 0 N–H and O–H groups in total. The van der Waals surface area contributed by atoms with E-state index in [0.717, 1.165) is 17.5 Å². The zero-order valence-electron chi connectivity index (χ0n) is 11.5. The van der Waals surface area contributed by atoms with Gasteiger partial charge in [-0.3, -0.25) is 4.79 Å². The number of halogens is 2. The van der Waals surface area contributed by atoms with Crippen LogP contribution in [-0.4, -0.2) is 31.0 Å². The van der Waals surface area contributed by atoms with E-state index in [4.69, 9.17) is 27.9 Å². The van der Waals surface area contributed by atoms with Crippen molar-refractivity contribution in [2.75, 3.05) is 6.61 Å². The second kappa shape index (κ2) is 9.61. The topological polar surface area (TPSA) is 26.3 Å². The van der Waals surface area contributed by atoms with E-state index < -0.39 is 0 Å². The fourth-order valence-corrected chi connectivity index (χ4v) is 3.48. The van der Waals surface area contributed by atoms with Crippen molar-refractivity contribution in [2.24, 2.45) is 0 Å². The summed E-state index contributed by atoms with van der Waals surface area (Å²) in [6.07, 6.45) is 0.965.